The second-order valence-corrected chi connectivity index (χ2v) is 7.82. The quantitative estimate of drug-likeness (QED) is 0.726. The van der Waals surface area contributed by atoms with Crippen LogP contribution in [0.5, 0.6) is 0 Å². The van der Waals surface area contributed by atoms with E-state index in [0.717, 1.165) is 5.82 Å². The minimum absolute atomic E-state index is 0.375. The largest absolute Gasteiger partial charge is 0.382 e. The molecule has 140 valence electrons. The van der Waals surface area contributed by atoms with Crippen molar-refractivity contribution < 1.29 is 0 Å². The van der Waals surface area contributed by atoms with Crippen LogP contribution in [-0.2, 0) is 6.54 Å². The van der Waals surface area contributed by atoms with Gasteiger partial charge in [-0.1, -0.05) is 0 Å². The highest BCUT2D eigenvalue weighted by molar-refractivity contribution is 7.99. The Balaban J connectivity index is 2.12. The molecule has 0 atom stereocenters. The molecule has 1 aromatic carbocycles. The first-order chi connectivity index (χ1) is 12.8. The van der Waals surface area contributed by atoms with Crippen LogP contribution in [0.15, 0.2) is 10.1 Å². The second kappa shape index (κ2) is 7.20. The highest BCUT2D eigenvalue weighted by Crippen LogP contribution is 2.38. The van der Waals surface area contributed by atoms with Crippen molar-refractivity contribution in [1.29, 1.82) is 5.26 Å². The van der Waals surface area contributed by atoms with E-state index >= 15 is 0 Å². The Kier molecular flexibility index (Phi) is 5.11. The van der Waals surface area contributed by atoms with Gasteiger partial charge in [0.1, 0.15) is 5.82 Å². The summed E-state index contributed by atoms with van der Waals surface area (Å²) < 4.78 is 1.91. The topological polar surface area (TPSA) is 93.4 Å². The Morgan fingerprint density at radius 3 is 2.11 bits per heavy atom. The van der Waals surface area contributed by atoms with Crippen molar-refractivity contribution in [2.75, 3.05) is 5.73 Å². The first kappa shape index (κ1) is 19.2. The Morgan fingerprint density at radius 2 is 1.52 bits per heavy atom. The fraction of sp³-hybridized carbons (Fsp3) is 0.400. The molecule has 0 fully saturated rings. The number of nitrogens with zero attached hydrogens (tertiary/aromatic N) is 5. The van der Waals surface area contributed by atoms with Gasteiger partial charge in [0.05, 0.1) is 12.5 Å². The van der Waals surface area contributed by atoms with Crippen LogP contribution in [0.4, 0.5) is 5.82 Å². The van der Waals surface area contributed by atoms with Gasteiger partial charge < -0.3 is 10.3 Å². The number of nitrogens with two attached hydrogens (primary N) is 1. The first-order valence-corrected chi connectivity index (χ1v) is 9.70. The van der Waals surface area contributed by atoms with Gasteiger partial charge in [0, 0.05) is 11.4 Å². The van der Waals surface area contributed by atoms with Crippen LogP contribution < -0.4 is 5.73 Å². The number of hydrogen-bond donors (Lipinski definition) is 1. The van der Waals surface area contributed by atoms with Crippen LogP contribution in [0.3, 0.4) is 0 Å². The molecule has 0 bridgehead atoms. The van der Waals surface area contributed by atoms with Gasteiger partial charge in [-0.2, -0.15) is 5.26 Å². The van der Waals surface area contributed by atoms with E-state index in [-0.39, 0.29) is 0 Å². The number of rotatable bonds is 4. The maximum absolute atomic E-state index is 8.93. The summed E-state index contributed by atoms with van der Waals surface area (Å²) in [5.41, 5.74) is 13.1. The standard InChI is InChI=1S/C20H24N6S/c1-10-11(2)13(4)17(14(5)12(10)3)27-20-24-16-18(22)23-15(6)26(9-7-8-21)19(16)25-20/h7,9,22H2,1-6H3. The van der Waals surface area contributed by atoms with E-state index in [1.165, 1.54) is 32.7 Å². The molecule has 3 rings (SSSR count). The van der Waals surface area contributed by atoms with E-state index in [1.54, 1.807) is 11.8 Å². The van der Waals surface area contributed by atoms with E-state index in [0.29, 0.717) is 35.5 Å². The van der Waals surface area contributed by atoms with Gasteiger partial charge in [-0.15, -0.1) is 0 Å². The lowest BCUT2D eigenvalue weighted by Crippen LogP contribution is -2.12. The summed E-state index contributed by atoms with van der Waals surface area (Å²) >= 11 is 1.57. The number of hydrogen-bond acceptors (Lipinski definition) is 6. The molecule has 2 heterocycles. The molecule has 1 aromatic rings. The van der Waals surface area contributed by atoms with Crippen LogP contribution in [0.2, 0.25) is 0 Å². The Bertz CT molecular complexity index is 1010. The van der Waals surface area contributed by atoms with Gasteiger partial charge >= 0.3 is 0 Å². The minimum atomic E-state index is 0.375. The van der Waals surface area contributed by atoms with E-state index in [4.69, 9.17) is 16.0 Å². The molecule has 0 aromatic heterocycles. The van der Waals surface area contributed by atoms with E-state index in [2.05, 4.69) is 50.7 Å². The van der Waals surface area contributed by atoms with Gasteiger partial charge in [0.25, 0.3) is 0 Å². The molecule has 0 saturated carbocycles. The Hall–Kier alpha value is -2.59. The lowest BCUT2D eigenvalue weighted by Gasteiger charge is -2.17. The molecule has 0 spiro atoms. The number of imidazole rings is 1. The highest BCUT2D eigenvalue weighted by Gasteiger charge is 2.22. The SMILES string of the molecule is Cc1c(C)c(C)c(Sc2nc3c(N)nc(C)n(CCC#N)c-3n2)c(C)c1C. The number of anilines is 1. The highest BCUT2D eigenvalue weighted by atomic mass is 32.2. The molecule has 0 saturated heterocycles. The summed E-state index contributed by atoms with van der Waals surface area (Å²) in [6, 6.07) is 2.17. The van der Waals surface area contributed by atoms with Crippen molar-refractivity contribution in [3.05, 3.63) is 33.6 Å². The number of nitriles is 1. The second-order valence-electron chi connectivity index (χ2n) is 6.84. The third-order valence-corrected chi connectivity index (χ3v) is 6.55. The predicted molar refractivity (Wildman–Crippen MR) is 108 cm³/mol. The van der Waals surface area contributed by atoms with Gasteiger partial charge in [-0.25, -0.2) is 15.0 Å². The predicted octanol–water partition coefficient (Wildman–Crippen LogP) is 4.28. The smallest absolute Gasteiger partial charge is 0.195 e. The lowest BCUT2D eigenvalue weighted by molar-refractivity contribution is 0.663. The van der Waals surface area contributed by atoms with Crippen molar-refractivity contribution >= 4 is 17.6 Å². The van der Waals surface area contributed by atoms with E-state index in [1.807, 2.05) is 11.5 Å². The van der Waals surface area contributed by atoms with Crippen LogP contribution >= 0.6 is 11.8 Å². The van der Waals surface area contributed by atoms with Crippen LogP contribution in [0.25, 0.3) is 11.5 Å². The number of aromatic nitrogens is 4. The van der Waals surface area contributed by atoms with Gasteiger partial charge in [-0.05, 0) is 81.1 Å². The third kappa shape index (κ3) is 3.26. The average molecular weight is 381 g/mol. The zero-order valence-electron chi connectivity index (χ0n) is 16.6. The summed E-state index contributed by atoms with van der Waals surface area (Å²) in [5, 5.41) is 9.59. The molecule has 2 aliphatic heterocycles. The number of fused-ring (bicyclic) bond motifs is 1. The van der Waals surface area contributed by atoms with E-state index < -0.39 is 0 Å². The summed E-state index contributed by atoms with van der Waals surface area (Å²) in [5.74, 6) is 1.80. The first-order valence-electron chi connectivity index (χ1n) is 8.88. The van der Waals surface area contributed by atoms with Crippen molar-refractivity contribution in [3.8, 4) is 17.6 Å². The maximum atomic E-state index is 8.93. The van der Waals surface area contributed by atoms with Crippen LogP contribution in [0, 0.1) is 52.9 Å². The zero-order valence-corrected chi connectivity index (χ0v) is 17.5. The molecule has 0 unspecified atom stereocenters. The van der Waals surface area contributed by atoms with Gasteiger partial charge in [0.15, 0.2) is 22.5 Å². The normalized spacial score (nSPS) is 11.1. The van der Waals surface area contributed by atoms with E-state index in [9.17, 15) is 0 Å². The lowest BCUT2D eigenvalue weighted by atomic mass is 9.95. The molecular weight excluding hydrogens is 356 g/mol. The Labute approximate surface area is 164 Å². The molecule has 0 radical (unpaired) electrons. The van der Waals surface area contributed by atoms with Crippen molar-refractivity contribution in [2.24, 2.45) is 0 Å². The number of benzene rings is 1. The molecule has 2 N–H and O–H groups in total. The molecule has 6 nitrogen and oxygen atoms in total. The fourth-order valence-electron chi connectivity index (χ4n) is 3.30. The van der Waals surface area contributed by atoms with Crippen LogP contribution in [0.1, 0.15) is 40.1 Å². The third-order valence-electron chi connectivity index (χ3n) is 5.36. The van der Waals surface area contributed by atoms with Crippen molar-refractivity contribution in [3.63, 3.8) is 0 Å². The molecular formula is C20H24N6S. The number of nitrogen functional groups attached to an aromatic ring is 1. The summed E-state index contributed by atoms with van der Waals surface area (Å²) in [4.78, 5) is 14.9. The molecule has 0 amide bonds. The molecule has 2 aliphatic rings. The van der Waals surface area contributed by atoms with Crippen molar-refractivity contribution in [2.45, 2.75) is 64.6 Å². The van der Waals surface area contributed by atoms with Gasteiger partial charge in [-0.3, -0.25) is 0 Å². The average Bonchev–Trinajstić information content (AvgIpc) is 3.06. The molecule has 7 heteroatoms. The molecule has 0 aliphatic carbocycles. The molecule has 27 heavy (non-hydrogen) atoms. The van der Waals surface area contributed by atoms with Crippen molar-refractivity contribution in [1.82, 2.24) is 19.5 Å². The monoisotopic (exact) mass is 380 g/mol. The van der Waals surface area contributed by atoms with Gasteiger partial charge in [0.2, 0.25) is 0 Å². The Morgan fingerprint density at radius 1 is 0.926 bits per heavy atom. The summed E-state index contributed by atoms with van der Waals surface area (Å²) in [6.07, 6.45) is 0.385. The number of aryl methyl sites for hydroxylation is 1. The van der Waals surface area contributed by atoms with Crippen LogP contribution in [-0.4, -0.2) is 19.5 Å². The maximum Gasteiger partial charge on any atom is 0.195 e. The fourth-order valence-corrected chi connectivity index (χ4v) is 4.36. The zero-order chi connectivity index (χ0) is 19.9. The minimum Gasteiger partial charge on any atom is -0.382 e. The summed E-state index contributed by atoms with van der Waals surface area (Å²) in [6.45, 7) is 13.2. The summed E-state index contributed by atoms with van der Waals surface area (Å²) in [7, 11) is 0.